The van der Waals surface area contributed by atoms with Crippen molar-refractivity contribution in [3.05, 3.63) is 41.6 Å². The first-order chi connectivity index (χ1) is 11.1. The van der Waals surface area contributed by atoms with Crippen LogP contribution in [0.4, 0.5) is 0 Å². The number of carbonyl (C=O) groups is 2. The van der Waals surface area contributed by atoms with Crippen LogP contribution in [0.2, 0.25) is 0 Å². The molecule has 1 aliphatic heterocycles. The maximum absolute atomic E-state index is 12.3. The van der Waals surface area contributed by atoms with Gasteiger partial charge in [0.2, 0.25) is 5.91 Å². The molecule has 3 N–H and O–H groups in total. The maximum Gasteiger partial charge on any atom is 0.269 e. The number of benzene rings is 1. The minimum atomic E-state index is -0.476. The minimum absolute atomic E-state index is 0.117. The van der Waals surface area contributed by atoms with Crippen LogP contribution >= 0.6 is 0 Å². The summed E-state index contributed by atoms with van der Waals surface area (Å²) in [5.41, 5.74) is 3.18. The molecule has 6 heteroatoms. The molecule has 0 saturated carbocycles. The number of nitrogens with one attached hydrogen (secondary N) is 3. The van der Waals surface area contributed by atoms with Gasteiger partial charge in [-0.3, -0.25) is 14.7 Å². The van der Waals surface area contributed by atoms with Gasteiger partial charge in [-0.05, 0) is 32.3 Å². The van der Waals surface area contributed by atoms with E-state index in [2.05, 4.69) is 20.8 Å². The van der Waals surface area contributed by atoms with E-state index in [1.807, 2.05) is 31.2 Å². The van der Waals surface area contributed by atoms with Gasteiger partial charge in [0.25, 0.3) is 5.91 Å². The largest absolute Gasteiger partial charge is 0.354 e. The molecule has 3 rings (SSSR count). The lowest BCUT2D eigenvalue weighted by molar-refractivity contribution is -0.122. The van der Waals surface area contributed by atoms with Crippen LogP contribution in [0.15, 0.2) is 30.3 Å². The van der Waals surface area contributed by atoms with Crippen LogP contribution in [0.3, 0.4) is 0 Å². The number of aromatic nitrogens is 2. The van der Waals surface area contributed by atoms with Gasteiger partial charge in [-0.1, -0.05) is 29.8 Å². The number of H-pyrrole nitrogens is 1. The Hall–Kier alpha value is -2.63. The van der Waals surface area contributed by atoms with E-state index < -0.39 is 6.04 Å². The summed E-state index contributed by atoms with van der Waals surface area (Å²) in [6.45, 7) is 2.69. The van der Waals surface area contributed by atoms with Crippen molar-refractivity contribution in [3.8, 4) is 11.3 Å². The summed E-state index contributed by atoms with van der Waals surface area (Å²) < 4.78 is 0. The van der Waals surface area contributed by atoms with Gasteiger partial charge in [0.1, 0.15) is 11.7 Å². The lowest BCUT2D eigenvalue weighted by Gasteiger charge is -2.14. The second-order valence-electron chi connectivity index (χ2n) is 5.85. The average molecular weight is 312 g/mol. The molecule has 6 nitrogen and oxygen atoms in total. The van der Waals surface area contributed by atoms with Crippen molar-refractivity contribution in [1.82, 2.24) is 20.8 Å². The summed E-state index contributed by atoms with van der Waals surface area (Å²) in [5.74, 6) is -0.424. The molecule has 120 valence electrons. The Kier molecular flexibility index (Phi) is 4.41. The molecule has 0 bridgehead atoms. The monoisotopic (exact) mass is 312 g/mol. The second-order valence-corrected chi connectivity index (χ2v) is 5.85. The standard InChI is InChI=1S/C17H20N4O2/c1-11-5-7-12(8-6-11)14-10-15(21-20-14)17(23)19-13-4-2-3-9-18-16(13)22/h5-8,10,13H,2-4,9H2,1H3,(H,18,22)(H,19,23)(H,20,21)/t13-/m1/s1. The first kappa shape index (κ1) is 15.3. The molecule has 1 aliphatic rings. The van der Waals surface area contributed by atoms with Crippen molar-refractivity contribution >= 4 is 11.8 Å². The molecule has 1 atom stereocenters. The number of rotatable bonds is 3. The first-order valence-corrected chi connectivity index (χ1v) is 7.84. The maximum atomic E-state index is 12.3. The Balaban J connectivity index is 1.70. The van der Waals surface area contributed by atoms with Crippen LogP contribution in [0.25, 0.3) is 11.3 Å². The summed E-state index contributed by atoms with van der Waals surface area (Å²) in [7, 11) is 0. The molecule has 0 aliphatic carbocycles. The normalized spacial score (nSPS) is 18.1. The molecule has 2 amide bonds. The summed E-state index contributed by atoms with van der Waals surface area (Å²) >= 11 is 0. The zero-order chi connectivity index (χ0) is 16.2. The van der Waals surface area contributed by atoms with Crippen molar-refractivity contribution in [2.75, 3.05) is 6.54 Å². The highest BCUT2D eigenvalue weighted by Crippen LogP contribution is 2.18. The van der Waals surface area contributed by atoms with Gasteiger partial charge in [0, 0.05) is 12.1 Å². The van der Waals surface area contributed by atoms with Crippen molar-refractivity contribution in [3.63, 3.8) is 0 Å². The molecule has 1 fully saturated rings. The third-order valence-corrected chi connectivity index (χ3v) is 4.01. The van der Waals surface area contributed by atoms with Crippen LogP contribution in [-0.2, 0) is 4.79 Å². The van der Waals surface area contributed by atoms with E-state index in [0.717, 1.165) is 18.4 Å². The van der Waals surface area contributed by atoms with Gasteiger partial charge in [0.05, 0.1) is 5.69 Å². The summed E-state index contributed by atoms with van der Waals surface area (Å²) in [6.07, 6.45) is 2.53. The Morgan fingerprint density at radius 2 is 2.04 bits per heavy atom. The Labute approximate surface area is 134 Å². The fraction of sp³-hybridized carbons (Fsp3) is 0.353. The number of amides is 2. The summed E-state index contributed by atoms with van der Waals surface area (Å²) in [5, 5.41) is 12.5. The molecule has 0 unspecified atom stereocenters. The molecule has 23 heavy (non-hydrogen) atoms. The molecular formula is C17H20N4O2. The number of nitrogens with zero attached hydrogens (tertiary/aromatic N) is 1. The molecule has 1 aromatic carbocycles. The van der Waals surface area contributed by atoms with E-state index in [1.54, 1.807) is 6.07 Å². The number of aromatic amines is 1. The van der Waals surface area contributed by atoms with Crippen molar-refractivity contribution < 1.29 is 9.59 Å². The van der Waals surface area contributed by atoms with Crippen molar-refractivity contribution in [2.24, 2.45) is 0 Å². The van der Waals surface area contributed by atoms with E-state index in [0.29, 0.717) is 24.4 Å². The molecule has 1 aromatic heterocycles. The Morgan fingerprint density at radius 3 is 2.83 bits per heavy atom. The van der Waals surface area contributed by atoms with Gasteiger partial charge in [-0.25, -0.2) is 0 Å². The van der Waals surface area contributed by atoms with Crippen LogP contribution in [0, 0.1) is 6.92 Å². The third kappa shape index (κ3) is 3.59. The Bertz CT molecular complexity index is 706. The quantitative estimate of drug-likeness (QED) is 0.807. The lowest BCUT2D eigenvalue weighted by Crippen LogP contribution is -2.45. The fourth-order valence-electron chi connectivity index (χ4n) is 2.62. The van der Waals surface area contributed by atoms with Gasteiger partial charge in [-0.15, -0.1) is 0 Å². The zero-order valence-electron chi connectivity index (χ0n) is 13.1. The van der Waals surface area contributed by atoms with E-state index >= 15 is 0 Å². The highest BCUT2D eigenvalue weighted by atomic mass is 16.2. The van der Waals surface area contributed by atoms with E-state index in [1.165, 1.54) is 5.56 Å². The van der Waals surface area contributed by atoms with E-state index in [-0.39, 0.29) is 11.8 Å². The van der Waals surface area contributed by atoms with Gasteiger partial charge >= 0.3 is 0 Å². The molecule has 0 spiro atoms. The highest BCUT2D eigenvalue weighted by Gasteiger charge is 2.23. The smallest absolute Gasteiger partial charge is 0.269 e. The van der Waals surface area contributed by atoms with Gasteiger partial charge < -0.3 is 10.6 Å². The summed E-state index contributed by atoms with van der Waals surface area (Å²) in [4.78, 5) is 24.2. The number of hydrogen-bond acceptors (Lipinski definition) is 3. The van der Waals surface area contributed by atoms with Gasteiger partial charge in [-0.2, -0.15) is 5.10 Å². The van der Waals surface area contributed by atoms with Crippen LogP contribution in [0.1, 0.15) is 35.3 Å². The number of hydrogen-bond donors (Lipinski definition) is 3. The molecule has 2 aromatic rings. The van der Waals surface area contributed by atoms with Crippen LogP contribution in [-0.4, -0.2) is 34.6 Å². The molecule has 1 saturated heterocycles. The molecule has 0 radical (unpaired) electrons. The lowest BCUT2D eigenvalue weighted by atomic mass is 10.1. The number of aryl methyl sites for hydroxylation is 1. The minimum Gasteiger partial charge on any atom is -0.354 e. The van der Waals surface area contributed by atoms with Crippen molar-refractivity contribution in [1.29, 1.82) is 0 Å². The predicted molar refractivity (Wildman–Crippen MR) is 86.9 cm³/mol. The van der Waals surface area contributed by atoms with E-state index in [4.69, 9.17) is 0 Å². The number of carbonyl (C=O) groups excluding carboxylic acids is 2. The Morgan fingerprint density at radius 1 is 1.26 bits per heavy atom. The first-order valence-electron chi connectivity index (χ1n) is 7.84. The molecular weight excluding hydrogens is 292 g/mol. The summed E-state index contributed by atoms with van der Waals surface area (Å²) in [6, 6.07) is 9.15. The third-order valence-electron chi connectivity index (χ3n) is 4.01. The second kappa shape index (κ2) is 6.64. The van der Waals surface area contributed by atoms with Gasteiger partial charge in [0.15, 0.2) is 0 Å². The average Bonchev–Trinajstić information content (AvgIpc) is 2.95. The van der Waals surface area contributed by atoms with E-state index in [9.17, 15) is 9.59 Å². The fourth-order valence-corrected chi connectivity index (χ4v) is 2.62. The van der Waals surface area contributed by atoms with Crippen molar-refractivity contribution in [2.45, 2.75) is 32.2 Å². The SMILES string of the molecule is Cc1ccc(-c2cc(C(=O)N[C@@H]3CCCCNC3=O)[nH]n2)cc1. The molecule has 2 heterocycles. The highest BCUT2D eigenvalue weighted by molar-refractivity contribution is 5.96. The predicted octanol–water partition coefficient (Wildman–Crippen LogP) is 1.78. The van der Waals surface area contributed by atoms with Crippen LogP contribution < -0.4 is 10.6 Å². The topological polar surface area (TPSA) is 86.9 Å². The zero-order valence-corrected chi connectivity index (χ0v) is 13.1. The van der Waals surface area contributed by atoms with Crippen LogP contribution in [0.5, 0.6) is 0 Å².